The number of amides is 1. The molecule has 2 aromatic rings. The van der Waals surface area contributed by atoms with E-state index in [0.29, 0.717) is 11.9 Å². The van der Waals surface area contributed by atoms with E-state index in [2.05, 4.69) is 20.5 Å². The number of hydrogen-bond donors (Lipinski definition) is 2. The molecular weight excluding hydrogens is 242 g/mol. The van der Waals surface area contributed by atoms with Crippen molar-refractivity contribution in [1.82, 2.24) is 20.5 Å². The van der Waals surface area contributed by atoms with E-state index < -0.39 is 23.6 Å². The maximum absolute atomic E-state index is 13.4. The Balaban J connectivity index is 2.12. The predicted molar refractivity (Wildman–Crippen MR) is 58.6 cm³/mol. The first-order valence-corrected chi connectivity index (χ1v) is 5.19. The Bertz CT molecular complexity index is 556. The molecule has 1 amide bonds. The van der Waals surface area contributed by atoms with Crippen LogP contribution < -0.4 is 5.32 Å². The van der Waals surface area contributed by atoms with Crippen LogP contribution >= 0.6 is 0 Å². The minimum atomic E-state index is -0.905. The van der Waals surface area contributed by atoms with Crippen molar-refractivity contribution in [1.29, 1.82) is 0 Å². The van der Waals surface area contributed by atoms with Gasteiger partial charge in [0.25, 0.3) is 5.91 Å². The third kappa shape index (κ3) is 2.50. The van der Waals surface area contributed by atoms with Crippen molar-refractivity contribution in [3.05, 3.63) is 47.5 Å². The van der Waals surface area contributed by atoms with Gasteiger partial charge in [0, 0.05) is 6.07 Å². The molecule has 0 aliphatic carbocycles. The monoisotopic (exact) mass is 252 g/mol. The first-order chi connectivity index (χ1) is 8.58. The van der Waals surface area contributed by atoms with Crippen LogP contribution in [0.2, 0.25) is 0 Å². The Morgan fingerprint density at radius 3 is 2.83 bits per heavy atom. The molecule has 1 aromatic heterocycles. The summed E-state index contributed by atoms with van der Waals surface area (Å²) in [5.41, 5.74) is -0.220. The number of nitrogens with zero attached hydrogens (tertiary/aromatic N) is 2. The van der Waals surface area contributed by atoms with E-state index in [1.54, 1.807) is 6.92 Å². The standard InChI is InChI=1S/C11H10F2N4O/c1-6(10-14-5-15-17-10)16-11(18)8-3-2-7(12)4-9(8)13/h2-6H,1H3,(H,16,18)(H,14,15,17). The molecule has 0 radical (unpaired) electrons. The van der Waals surface area contributed by atoms with Crippen molar-refractivity contribution in [2.75, 3.05) is 0 Å². The molecular formula is C11H10F2N4O. The molecule has 0 aliphatic rings. The molecule has 5 nitrogen and oxygen atoms in total. The zero-order valence-corrected chi connectivity index (χ0v) is 9.45. The summed E-state index contributed by atoms with van der Waals surface area (Å²) in [6.07, 6.45) is 1.30. The molecule has 18 heavy (non-hydrogen) atoms. The Labute approximate surface area is 101 Å². The summed E-state index contributed by atoms with van der Waals surface area (Å²) in [6, 6.07) is 2.32. The number of carbonyl (C=O) groups is 1. The van der Waals surface area contributed by atoms with E-state index in [1.807, 2.05) is 0 Å². The van der Waals surface area contributed by atoms with Gasteiger partial charge in [0.05, 0.1) is 11.6 Å². The number of aromatic amines is 1. The molecule has 0 spiro atoms. The smallest absolute Gasteiger partial charge is 0.254 e. The van der Waals surface area contributed by atoms with Crippen LogP contribution in [0.3, 0.4) is 0 Å². The normalized spacial score (nSPS) is 12.2. The maximum atomic E-state index is 13.4. The van der Waals surface area contributed by atoms with Crippen LogP contribution in [0.4, 0.5) is 8.78 Å². The van der Waals surface area contributed by atoms with E-state index >= 15 is 0 Å². The first kappa shape index (κ1) is 12.2. The highest BCUT2D eigenvalue weighted by atomic mass is 19.1. The number of rotatable bonds is 3. The average Bonchev–Trinajstić information content (AvgIpc) is 2.81. The second-order valence-corrected chi connectivity index (χ2v) is 3.69. The van der Waals surface area contributed by atoms with Crippen molar-refractivity contribution in [2.45, 2.75) is 13.0 Å². The lowest BCUT2D eigenvalue weighted by atomic mass is 10.2. The largest absolute Gasteiger partial charge is 0.342 e. The number of H-pyrrole nitrogens is 1. The van der Waals surface area contributed by atoms with Crippen molar-refractivity contribution in [3.8, 4) is 0 Å². The lowest BCUT2D eigenvalue weighted by Gasteiger charge is -2.11. The number of benzene rings is 1. The van der Waals surface area contributed by atoms with Gasteiger partial charge >= 0.3 is 0 Å². The molecule has 1 heterocycles. The lowest BCUT2D eigenvalue weighted by molar-refractivity contribution is 0.0934. The maximum Gasteiger partial charge on any atom is 0.254 e. The Morgan fingerprint density at radius 2 is 2.22 bits per heavy atom. The molecule has 0 aliphatic heterocycles. The molecule has 1 atom stereocenters. The second-order valence-electron chi connectivity index (χ2n) is 3.69. The van der Waals surface area contributed by atoms with Gasteiger partial charge in [-0.15, -0.1) is 0 Å². The van der Waals surface area contributed by atoms with E-state index in [9.17, 15) is 13.6 Å². The van der Waals surface area contributed by atoms with Crippen molar-refractivity contribution in [2.24, 2.45) is 0 Å². The molecule has 0 bridgehead atoms. The molecule has 0 saturated carbocycles. The third-order valence-corrected chi connectivity index (χ3v) is 2.37. The molecule has 94 valence electrons. The summed E-state index contributed by atoms with van der Waals surface area (Å²) in [5, 5.41) is 8.75. The number of carbonyl (C=O) groups excluding carboxylic acids is 1. The van der Waals surface area contributed by atoms with Gasteiger partial charge in [-0.25, -0.2) is 13.8 Å². The molecule has 2 rings (SSSR count). The topological polar surface area (TPSA) is 70.7 Å². The van der Waals surface area contributed by atoms with Crippen molar-refractivity contribution >= 4 is 5.91 Å². The Kier molecular flexibility index (Phi) is 3.31. The second kappa shape index (κ2) is 4.91. The molecule has 2 N–H and O–H groups in total. The van der Waals surface area contributed by atoms with Gasteiger partial charge in [-0.2, -0.15) is 5.10 Å². The van der Waals surface area contributed by atoms with Crippen LogP contribution in [0.5, 0.6) is 0 Å². The van der Waals surface area contributed by atoms with Crippen LogP contribution in [-0.4, -0.2) is 21.1 Å². The average molecular weight is 252 g/mol. The van der Waals surface area contributed by atoms with Gasteiger partial charge in [0.15, 0.2) is 0 Å². The Morgan fingerprint density at radius 1 is 1.44 bits per heavy atom. The van der Waals surface area contributed by atoms with Gasteiger partial charge < -0.3 is 5.32 Å². The van der Waals surface area contributed by atoms with Crippen LogP contribution in [-0.2, 0) is 0 Å². The fourth-order valence-electron chi connectivity index (χ4n) is 1.44. The van der Waals surface area contributed by atoms with Crippen LogP contribution in [0, 0.1) is 11.6 Å². The predicted octanol–water partition coefficient (Wildman–Crippen LogP) is 1.57. The summed E-state index contributed by atoms with van der Waals surface area (Å²) < 4.78 is 26.1. The summed E-state index contributed by atoms with van der Waals surface area (Å²) in [5.74, 6) is -1.83. The van der Waals surface area contributed by atoms with E-state index in [1.165, 1.54) is 6.33 Å². The van der Waals surface area contributed by atoms with Crippen molar-refractivity contribution < 1.29 is 13.6 Å². The minimum Gasteiger partial charge on any atom is -0.342 e. The third-order valence-electron chi connectivity index (χ3n) is 2.37. The highest BCUT2D eigenvalue weighted by Crippen LogP contribution is 2.11. The number of hydrogen-bond acceptors (Lipinski definition) is 3. The van der Waals surface area contributed by atoms with Crippen LogP contribution in [0.1, 0.15) is 29.1 Å². The molecule has 7 heteroatoms. The summed E-state index contributed by atoms with van der Waals surface area (Å²) in [4.78, 5) is 15.6. The van der Waals surface area contributed by atoms with Gasteiger partial charge in [0.1, 0.15) is 23.8 Å². The molecule has 1 unspecified atom stereocenters. The number of aromatic nitrogens is 3. The SMILES string of the molecule is CC(NC(=O)c1ccc(F)cc1F)c1ncn[nH]1. The summed E-state index contributed by atoms with van der Waals surface area (Å²) in [6.45, 7) is 1.67. The number of halogens is 2. The zero-order valence-electron chi connectivity index (χ0n) is 9.45. The quantitative estimate of drug-likeness (QED) is 0.871. The first-order valence-electron chi connectivity index (χ1n) is 5.19. The summed E-state index contributed by atoms with van der Waals surface area (Å²) in [7, 11) is 0. The minimum absolute atomic E-state index is 0.220. The highest BCUT2D eigenvalue weighted by molar-refractivity contribution is 5.94. The van der Waals surface area contributed by atoms with Crippen LogP contribution in [0.25, 0.3) is 0 Å². The molecule has 1 aromatic carbocycles. The fourth-order valence-corrected chi connectivity index (χ4v) is 1.44. The zero-order chi connectivity index (χ0) is 13.1. The fraction of sp³-hybridized carbons (Fsp3) is 0.182. The molecule has 0 fully saturated rings. The van der Waals surface area contributed by atoms with E-state index in [4.69, 9.17) is 0 Å². The summed E-state index contributed by atoms with van der Waals surface area (Å²) >= 11 is 0. The number of nitrogens with one attached hydrogen (secondary N) is 2. The van der Waals surface area contributed by atoms with E-state index in [-0.39, 0.29) is 5.56 Å². The van der Waals surface area contributed by atoms with Crippen LogP contribution in [0.15, 0.2) is 24.5 Å². The highest BCUT2D eigenvalue weighted by Gasteiger charge is 2.16. The molecule has 0 saturated heterocycles. The Hall–Kier alpha value is -2.31. The van der Waals surface area contributed by atoms with Gasteiger partial charge in [0.2, 0.25) is 0 Å². The van der Waals surface area contributed by atoms with Gasteiger partial charge in [-0.1, -0.05) is 0 Å². The lowest BCUT2D eigenvalue weighted by Crippen LogP contribution is -2.28. The van der Waals surface area contributed by atoms with Crippen molar-refractivity contribution in [3.63, 3.8) is 0 Å². The van der Waals surface area contributed by atoms with Gasteiger partial charge in [-0.05, 0) is 19.1 Å². The van der Waals surface area contributed by atoms with E-state index in [0.717, 1.165) is 12.1 Å². The van der Waals surface area contributed by atoms with Gasteiger partial charge in [-0.3, -0.25) is 9.89 Å².